The van der Waals surface area contributed by atoms with Gasteiger partial charge in [0.25, 0.3) is 5.91 Å². The second kappa shape index (κ2) is 8.16. The van der Waals surface area contributed by atoms with Crippen LogP contribution in [0.15, 0.2) is 21.9 Å². The predicted molar refractivity (Wildman–Crippen MR) is 93.8 cm³/mol. The zero-order chi connectivity index (χ0) is 17.5. The zero-order valence-corrected chi connectivity index (χ0v) is 14.6. The van der Waals surface area contributed by atoms with Crippen LogP contribution in [0.5, 0.6) is 11.5 Å². The van der Waals surface area contributed by atoms with Crippen LogP contribution >= 0.6 is 22.6 Å². The molecular formula is C14H12IN5O4. The first-order valence-electron chi connectivity index (χ1n) is 6.42. The molecule has 10 heteroatoms. The van der Waals surface area contributed by atoms with Crippen molar-refractivity contribution in [1.82, 2.24) is 15.7 Å². The molecule has 1 heterocycles. The fourth-order valence-electron chi connectivity index (χ4n) is 1.64. The predicted octanol–water partition coefficient (Wildman–Crippen LogP) is 1.04. The van der Waals surface area contributed by atoms with Gasteiger partial charge in [-0.2, -0.15) is 5.10 Å². The van der Waals surface area contributed by atoms with Crippen molar-refractivity contribution in [1.29, 1.82) is 0 Å². The number of benzene rings is 1. The van der Waals surface area contributed by atoms with Crippen LogP contribution in [0.4, 0.5) is 5.82 Å². The van der Waals surface area contributed by atoms with E-state index in [1.165, 1.54) is 13.3 Å². The number of nitrogens with one attached hydrogen (secondary N) is 1. The van der Waals surface area contributed by atoms with Crippen molar-refractivity contribution >= 4 is 40.5 Å². The van der Waals surface area contributed by atoms with E-state index in [-0.39, 0.29) is 18.1 Å². The number of carbonyl (C=O) groups is 1. The van der Waals surface area contributed by atoms with Gasteiger partial charge < -0.3 is 15.2 Å². The van der Waals surface area contributed by atoms with Gasteiger partial charge in [-0.3, -0.25) is 4.79 Å². The van der Waals surface area contributed by atoms with Crippen LogP contribution in [-0.4, -0.2) is 36.2 Å². The smallest absolute Gasteiger partial charge is 0.297 e. The average Bonchev–Trinajstić information content (AvgIpc) is 2.99. The summed E-state index contributed by atoms with van der Waals surface area (Å²) in [6.07, 6.45) is 6.62. The number of hydrogen-bond acceptors (Lipinski definition) is 8. The molecule has 2 aromatic rings. The summed E-state index contributed by atoms with van der Waals surface area (Å²) in [6.45, 7) is 0.128. The maximum absolute atomic E-state index is 11.7. The third-order valence-electron chi connectivity index (χ3n) is 2.66. The average molecular weight is 441 g/mol. The standard InChI is InChI=1S/C14H12IN5O4/c1-3-4-23-12-9(15)5-8(6-10(12)22-2)7-17-18-14(21)11-13(16)20-24-19-11/h1,5-7H,4H2,2H3,(H2,16,20)(H,18,21)/b17-7-. The molecule has 1 aromatic heterocycles. The monoisotopic (exact) mass is 441 g/mol. The van der Waals surface area contributed by atoms with Crippen molar-refractivity contribution < 1.29 is 18.9 Å². The summed E-state index contributed by atoms with van der Waals surface area (Å²) in [5.74, 6) is 2.67. The Labute approximate surface area is 150 Å². The minimum atomic E-state index is -0.638. The molecule has 9 nitrogen and oxygen atoms in total. The number of halogens is 1. The van der Waals surface area contributed by atoms with E-state index in [0.717, 1.165) is 3.57 Å². The third-order valence-corrected chi connectivity index (χ3v) is 3.46. The van der Waals surface area contributed by atoms with Crippen molar-refractivity contribution in [2.24, 2.45) is 5.10 Å². The van der Waals surface area contributed by atoms with E-state index < -0.39 is 5.91 Å². The molecule has 3 N–H and O–H groups in total. The normalized spacial score (nSPS) is 10.4. The fraction of sp³-hybridized carbons (Fsp3) is 0.143. The van der Waals surface area contributed by atoms with Gasteiger partial charge in [-0.05, 0) is 50.6 Å². The Balaban J connectivity index is 2.12. The summed E-state index contributed by atoms with van der Waals surface area (Å²) in [5, 5.41) is 10.5. The molecule has 0 bridgehead atoms. The van der Waals surface area contributed by atoms with E-state index >= 15 is 0 Å². The van der Waals surface area contributed by atoms with E-state index in [1.807, 2.05) is 0 Å². The Morgan fingerprint density at radius 3 is 3.00 bits per heavy atom. The number of hydrogen-bond donors (Lipinski definition) is 2. The molecule has 0 atom stereocenters. The second-order valence-electron chi connectivity index (χ2n) is 4.22. The van der Waals surface area contributed by atoms with Gasteiger partial charge >= 0.3 is 0 Å². The number of ether oxygens (including phenoxy) is 2. The molecule has 0 radical (unpaired) electrons. The van der Waals surface area contributed by atoms with Gasteiger partial charge in [-0.25, -0.2) is 10.1 Å². The molecule has 1 amide bonds. The van der Waals surface area contributed by atoms with Crippen molar-refractivity contribution in [3.63, 3.8) is 0 Å². The zero-order valence-electron chi connectivity index (χ0n) is 12.4. The molecule has 0 saturated carbocycles. The van der Waals surface area contributed by atoms with Crippen LogP contribution in [0, 0.1) is 15.9 Å². The quantitative estimate of drug-likeness (QED) is 0.297. The molecule has 24 heavy (non-hydrogen) atoms. The number of rotatable bonds is 6. The topological polar surface area (TPSA) is 125 Å². The summed E-state index contributed by atoms with van der Waals surface area (Å²) in [5.41, 5.74) is 8.22. The van der Waals surface area contributed by atoms with Crippen LogP contribution in [-0.2, 0) is 0 Å². The molecule has 0 aliphatic heterocycles. The van der Waals surface area contributed by atoms with Crippen LogP contribution in [0.25, 0.3) is 0 Å². The van der Waals surface area contributed by atoms with Crippen LogP contribution in [0.2, 0.25) is 0 Å². The second-order valence-corrected chi connectivity index (χ2v) is 5.39. The first kappa shape index (κ1) is 17.5. The lowest BCUT2D eigenvalue weighted by molar-refractivity contribution is 0.0946. The number of carbonyl (C=O) groups excluding carboxylic acids is 1. The molecule has 0 fully saturated rings. The van der Waals surface area contributed by atoms with Crippen molar-refractivity contribution in [2.45, 2.75) is 0 Å². The summed E-state index contributed by atoms with van der Waals surface area (Å²) in [4.78, 5) is 11.7. The number of nitrogens with zero attached hydrogens (tertiary/aromatic N) is 3. The highest BCUT2D eigenvalue weighted by Crippen LogP contribution is 2.33. The largest absolute Gasteiger partial charge is 0.493 e. The maximum Gasteiger partial charge on any atom is 0.297 e. The van der Waals surface area contributed by atoms with Gasteiger partial charge in [0.05, 0.1) is 16.9 Å². The number of hydrazone groups is 1. The number of nitrogen functional groups attached to an aromatic ring is 1. The SMILES string of the molecule is C#CCOc1c(I)cc(/C=N\NC(=O)c2nonc2N)cc1OC. The third kappa shape index (κ3) is 4.13. The number of methoxy groups -OCH3 is 1. The molecule has 2 rings (SSSR count). The number of nitrogens with two attached hydrogens (primary N) is 1. The maximum atomic E-state index is 11.7. The lowest BCUT2D eigenvalue weighted by Gasteiger charge is -2.11. The Hall–Kier alpha value is -2.81. The van der Waals surface area contributed by atoms with E-state index in [2.05, 4.69) is 54.0 Å². The molecule has 0 unspecified atom stereocenters. The van der Waals surface area contributed by atoms with Crippen molar-refractivity contribution in [3.05, 3.63) is 27.0 Å². The van der Waals surface area contributed by atoms with E-state index in [4.69, 9.17) is 21.6 Å². The molecule has 0 spiro atoms. The summed E-state index contributed by atoms with van der Waals surface area (Å²) in [6, 6.07) is 3.48. The minimum absolute atomic E-state index is 0.117. The van der Waals surface area contributed by atoms with Gasteiger partial charge in [-0.15, -0.1) is 6.42 Å². The highest BCUT2D eigenvalue weighted by Gasteiger charge is 2.15. The van der Waals surface area contributed by atoms with E-state index in [0.29, 0.717) is 17.1 Å². The fourth-order valence-corrected chi connectivity index (χ4v) is 2.42. The number of aromatic nitrogens is 2. The molecule has 1 aromatic carbocycles. The van der Waals surface area contributed by atoms with Gasteiger partial charge in [-0.1, -0.05) is 5.92 Å². The van der Waals surface area contributed by atoms with E-state index in [1.54, 1.807) is 12.1 Å². The molecule has 0 aliphatic rings. The first-order valence-corrected chi connectivity index (χ1v) is 7.50. The van der Waals surface area contributed by atoms with Crippen LogP contribution in [0.3, 0.4) is 0 Å². The molecular weight excluding hydrogens is 429 g/mol. The number of amides is 1. The Kier molecular flexibility index (Phi) is 5.96. The molecule has 0 saturated heterocycles. The Bertz CT molecular complexity index is 812. The number of terminal acetylenes is 1. The minimum Gasteiger partial charge on any atom is -0.493 e. The van der Waals surface area contributed by atoms with Crippen LogP contribution < -0.4 is 20.6 Å². The summed E-state index contributed by atoms with van der Waals surface area (Å²) >= 11 is 2.08. The van der Waals surface area contributed by atoms with Gasteiger partial charge in [0.2, 0.25) is 11.5 Å². The Morgan fingerprint density at radius 1 is 1.58 bits per heavy atom. The van der Waals surface area contributed by atoms with Crippen LogP contribution in [0.1, 0.15) is 16.1 Å². The molecule has 124 valence electrons. The lowest BCUT2D eigenvalue weighted by atomic mass is 10.2. The summed E-state index contributed by atoms with van der Waals surface area (Å²) < 4.78 is 15.8. The summed E-state index contributed by atoms with van der Waals surface area (Å²) in [7, 11) is 1.51. The lowest BCUT2D eigenvalue weighted by Crippen LogP contribution is -2.19. The van der Waals surface area contributed by atoms with Crippen molar-refractivity contribution in [2.75, 3.05) is 19.5 Å². The first-order chi connectivity index (χ1) is 11.6. The van der Waals surface area contributed by atoms with Gasteiger partial charge in [0, 0.05) is 0 Å². The van der Waals surface area contributed by atoms with Crippen molar-refractivity contribution in [3.8, 4) is 23.8 Å². The Morgan fingerprint density at radius 2 is 2.38 bits per heavy atom. The highest BCUT2D eigenvalue weighted by atomic mass is 127. The van der Waals surface area contributed by atoms with E-state index in [9.17, 15) is 4.79 Å². The molecule has 0 aliphatic carbocycles. The highest BCUT2D eigenvalue weighted by molar-refractivity contribution is 14.1. The van der Waals surface area contributed by atoms with Gasteiger partial charge in [0.15, 0.2) is 11.5 Å². The van der Waals surface area contributed by atoms with Gasteiger partial charge in [0.1, 0.15) is 6.61 Å². The number of anilines is 1.